The molecule has 2 aliphatic rings. The summed E-state index contributed by atoms with van der Waals surface area (Å²) in [6.45, 7) is 5.67. The number of hydrogen-bond acceptors (Lipinski definition) is 1. The van der Waals surface area contributed by atoms with E-state index in [1.54, 1.807) is 25.7 Å². The monoisotopic (exact) mass is 352 g/mol. The maximum Gasteiger partial charge on any atom is 0.0437 e. The number of ether oxygens (including phenoxy) is 1. The van der Waals surface area contributed by atoms with Gasteiger partial charge in [-0.15, -0.1) is 0 Å². The van der Waals surface area contributed by atoms with Crippen molar-refractivity contribution >= 4 is 0 Å². The lowest BCUT2D eigenvalue weighted by Gasteiger charge is -2.29. The van der Waals surface area contributed by atoms with E-state index in [2.05, 4.69) is 0 Å². The summed E-state index contributed by atoms with van der Waals surface area (Å²) >= 11 is 0. The van der Waals surface area contributed by atoms with Crippen molar-refractivity contribution in [3.63, 3.8) is 0 Å². The lowest BCUT2D eigenvalue weighted by atomic mass is 9.77. The number of hydrogen-bond donors (Lipinski definition) is 0. The van der Waals surface area contributed by atoms with Gasteiger partial charge in [0.15, 0.2) is 0 Å². The van der Waals surface area contributed by atoms with Gasteiger partial charge in [-0.1, -0.05) is 116 Å². The van der Waals surface area contributed by atoms with Crippen molar-refractivity contribution in [2.45, 2.75) is 129 Å². The molecule has 1 nitrogen and oxygen atoms in total. The zero-order valence-electron chi connectivity index (χ0n) is 17.7. The second kappa shape index (κ2) is 17.4. The molecule has 0 bridgehead atoms. The summed E-state index contributed by atoms with van der Waals surface area (Å²) in [5.41, 5.74) is 0. The normalized spacial score (nSPS) is 23.3. The zero-order chi connectivity index (χ0) is 18.0. The van der Waals surface area contributed by atoms with E-state index in [0.29, 0.717) is 0 Å². The maximum absolute atomic E-state index is 4.83. The first-order valence-electron chi connectivity index (χ1n) is 12.0. The molecule has 0 spiro atoms. The Hall–Kier alpha value is -0.0400. The van der Waals surface area contributed by atoms with E-state index in [9.17, 15) is 0 Å². The van der Waals surface area contributed by atoms with E-state index < -0.39 is 0 Å². The van der Waals surface area contributed by atoms with Gasteiger partial charge in [0, 0.05) is 13.2 Å². The van der Waals surface area contributed by atoms with Gasteiger partial charge >= 0.3 is 0 Å². The van der Waals surface area contributed by atoms with Crippen LogP contribution in [0.2, 0.25) is 0 Å². The summed E-state index contributed by atoms with van der Waals surface area (Å²) in [4.78, 5) is 0. The fourth-order valence-electron chi connectivity index (χ4n) is 4.83. The topological polar surface area (TPSA) is 9.23 Å². The van der Waals surface area contributed by atoms with Gasteiger partial charge in [-0.25, -0.2) is 0 Å². The molecule has 0 unspecified atom stereocenters. The van der Waals surface area contributed by atoms with Crippen LogP contribution in [0.1, 0.15) is 129 Å². The largest absolute Gasteiger partial charge is 0.382 e. The Kier molecular flexibility index (Phi) is 16.0. The minimum Gasteiger partial charge on any atom is -0.382 e. The SMILES string of the molecule is C1CCCCC(C2CCCCCCCCC2)CCCC1.CCOCC. The molecule has 0 radical (unpaired) electrons. The first-order valence-corrected chi connectivity index (χ1v) is 12.0. The third kappa shape index (κ3) is 12.9. The molecule has 0 heterocycles. The Morgan fingerprint density at radius 3 is 0.880 bits per heavy atom. The molecule has 150 valence electrons. The summed E-state index contributed by atoms with van der Waals surface area (Å²) in [7, 11) is 0. The van der Waals surface area contributed by atoms with Crippen LogP contribution >= 0.6 is 0 Å². The molecule has 0 aromatic rings. The number of rotatable bonds is 3. The van der Waals surface area contributed by atoms with Gasteiger partial charge in [-0.05, 0) is 25.7 Å². The van der Waals surface area contributed by atoms with E-state index in [-0.39, 0.29) is 0 Å². The molecule has 0 atom stereocenters. The van der Waals surface area contributed by atoms with Crippen LogP contribution in [0.5, 0.6) is 0 Å². The van der Waals surface area contributed by atoms with Crippen molar-refractivity contribution in [2.24, 2.45) is 11.8 Å². The van der Waals surface area contributed by atoms with Gasteiger partial charge in [0.2, 0.25) is 0 Å². The third-order valence-electron chi connectivity index (χ3n) is 6.37. The van der Waals surface area contributed by atoms with Gasteiger partial charge in [-0.3, -0.25) is 0 Å². The van der Waals surface area contributed by atoms with Gasteiger partial charge in [-0.2, -0.15) is 0 Å². The van der Waals surface area contributed by atoms with Crippen molar-refractivity contribution in [3.8, 4) is 0 Å². The maximum atomic E-state index is 4.83. The fourth-order valence-corrected chi connectivity index (χ4v) is 4.83. The van der Waals surface area contributed by atoms with Gasteiger partial charge in [0.05, 0.1) is 0 Å². The Morgan fingerprint density at radius 1 is 0.440 bits per heavy atom. The van der Waals surface area contributed by atoms with Crippen LogP contribution in [0.3, 0.4) is 0 Å². The van der Waals surface area contributed by atoms with E-state index in [1.165, 1.54) is 89.9 Å². The van der Waals surface area contributed by atoms with E-state index in [0.717, 1.165) is 25.0 Å². The van der Waals surface area contributed by atoms with E-state index >= 15 is 0 Å². The van der Waals surface area contributed by atoms with Crippen LogP contribution in [0.15, 0.2) is 0 Å². The molecule has 0 N–H and O–H groups in total. The standard InChI is InChI=1S/C20H38.C4H10O/c1-3-7-11-15-19(16-12-8-4-1)20-17-13-9-5-2-6-10-14-18-20;1-3-5-4-2/h19-20H,1-18H2;3-4H2,1-2H3. The molecule has 2 rings (SSSR count). The highest BCUT2D eigenvalue weighted by Crippen LogP contribution is 2.34. The third-order valence-corrected chi connectivity index (χ3v) is 6.37. The Morgan fingerprint density at radius 2 is 0.680 bits per heavy atom. The second-order valence-corrected chi connectivity index (χ2v) is 8.41. The van der Waals surface area contributed by atoms with Gasteiger partial charge < -0.3 is 4.74 Å². The molecule has 0 aromatic carbocycles. The zero-order valence-corrected chi connectivity index (χ0v) is 17.7. The second-order valence-electron chi connectivity index (χ2n) is 8.41. The van der Waals surface area contributed by atoms with Crippen molar-refractivity contribution in [1.82, 2.24) is 0 Å². The van der Waals surface area contributed by atoms with Crippen molar-refractivity contribution in [1.29, 1.82) is 0 Å². The van der Waals surface area contributed by atoms with Gasteiger partial charge in [0.25, 0.3) is 0 Å². The van der Waals surface area contributed by atoms with Crippen LogP contribution in [0, 0.1) is 11.8 Å². The van der Waals surface area contributed by atoms with Crippen LogP contribution in [-0.2, 0) is 4.74 Å². The van der Waals surface area contributed by atoms with Crippen molar-refractivity contribution in [2.75, 3.05) is 13.2 Å². The first-order chi connectivity index (χ1) is 12.4. The summed E-state index contributed by atoms with van der Waals surface area (Å²) < 4.78 is 4.83. The fraction of sp³-hybridized carbons (Fsp3) is 1.00. The molecule has 2 fully saturated rings. The molecular formula is C24H48O. The highest BCUT2D eigenvalue weighted by molar-refractivity contribution is 4.73. The Balaban J connectivity index is 0.000000550. The molecule has 0 aromatic heterocycles. The first kappa shape index (κ1) is 23.0. The quantitative estimate of drug-likeness (QED) is 0.496. The van der Waals surface area contributed by atoms with Crippen LogP contribution < -0.4 is 0 Å². The van der Waals surface area contributed by atoms with Crippen LogP contribution in [0.25, 0.3) is 0 Å². The molecule has 1 heteroatoms. The molecule has 2 aliphatic carbocycles. The van der Waals surface area contributed by atoms with Crippen LogP contribution in [-0.4, -0.2) is 13.2 Å². The summed E-state index contributed by atoms with van der Waals surface area (Å²) in [6.07, 6.45) is 27.5. The Labute approximate surface area is 159 Å². The molecule has 25 heavy (non-hydrogen) atoms. The lowest BCUT2D eigenvalue weighted by Crippen LogP contribution is -2.16. The van der Waals surface area contributed by atoms with Crippen molar-refractivity contribution < 1.29 is 4.74 Å². The lowest BCUT2D eigenvalue weighted by molar-refractivity contribution is 0.162. The molecule has 0 amide bonds. The molecule has 2 saturated carbocycles. The predicted molar refractivity (Wildman–Crippen MR) is 112 cm³/mol. The minimum atomic E-state index is 0.844. The predicted octanol–water partition coefficient (Wildman–Crippen LogP) is 8.31. The minimum absolute atomic E-state index is 0.844. The summed E-state index contributed by atoms with van der Waals surface area (Å²) in [5.74, 6) is 2.18. The Bertz CT molecular complexity index is 217. The summed E-state index contributed by atoms with van der Waals surface area (Å²) in [6, 6.07) is 0. The van der Waals surface area contributed by atoms with E-state index in [1.807, 2.05) is 13.8 Å². The van der Waals surface area contributed by atoms with E-state index in [4.69, 9.17) is 4.74 Å². The highest BCUT2D eigenvalue weighted by atomic mass is 16.5. The molecular weight excluding hydrogens is 304 g/mol. The molecule has 0 aliphatic heterocycles. The average Bonchev–Trinajstić information content (AvgIpc) is 2.65. The average molecular weight is 353 g/mol. The summed E-state index contributed by atoms with van der Waals surface area (Å²) in [5, 5.41) is 0. The highest BCUT2D eigenvalue weighted by Gasteiger charge is 2.21. The van der Waals surface area contributed by atoms with Crippen LogP contribution in [0.4, 0.5) is 0 Å². The smallest absolute Gasteiger partial charge is 0.0437 e. The van der Waals surface area contributed by atoms with Gasteiger partial charge in [0.1, 0.15) is 0 Å². The molecule has 0 saturated heterocycles. The van der Waals surface area contributed by atoms with Crippen molar-refractivity contribution in [3.05, 3.63) is 0 Å².